The minimum absolute atomic E-state index is 1.33. The zero-order valence-electron chi connectivity index (χ0n) is 2.99. The van der Waals surface area contributed by atoms with Crippen molar-refractivity contribution in [3.63, 3.8) is 0 Å². The van der Waals surface area contributed by atoms with Crippen LogP contribution in [0.3, 0.4) is 0 Å². The molecule has 0 bridgehead atoms. The fraction of sp³-hybridized carbons (Fsp3) is 0. The van der Waals surface area contributed by atoms with Gasteiger partial charge in [0.05, 0.1) is 0 Å². The van der Waals surface area contributed by atoms with E-state index in [0.29, 0.717) is 0 Å². The van der Waals surface area contributed by atoms with Crippen molar-refractivity contribution in [2.75, 3.05) is 0 Å². The van der Waals surface area contributed by atoms with Gasteiger partial charge in [-0.05, 0) is 0 Å². The molecule has 0 amide bonds. The molecule has 4 nitrogen and oxygen atoms in total. The molecule has 0 aromatic carbocycles. The van der Waals surface area contributed by atoms with Crippen molar-refractivity contribution < 1.29 is 25.4 Å². The Labute approximate surface area is 48.7 Å². The molecule has 0 aliphatic heterocycles. The van der Waals surface area contributed by atoms with Crippen molar-refractivity contribution in [2.45, 2.75) is 0 Å². The summed E-state index contributed by atoms with van der Waals surface area (Å²) in [6, 6.07) is 0. The molecule has 0 saturated heterocycles. The number of hydrogen-bond donors (Lipinski definition) is 0. The Morgan fingerprint density at radius 2 is 1.43 bits per heavy atom. The molecule has 0 unspecified atom stereocenters. The molecular weight excluding hydrogens is 158 g/mol. The summed E-state index contributed by atoms with van der Waals surface area (Å²) in [5.41, 5.74) is 0. The van der Waals surface area contributed by atoms with E-state index in [0.717, 1.165) is 0 Å². The van der Waals surface area contributed by atoms with Crippen LogP contribution in [0.15, 0.2) is 0 Å². The predicted octanol–water partition coefficient (Wildman–Crippen LogP) is 0.300. The van der Waals surface area contributed by atoms with Gasteiger partial charge in [0.2, 0.25) is 0 Å². The van der Waals surface area contributed by atoms with Crippen LogP contribution < -0.4 is 0 Å². The average molecular weight is 158 g/mol. The Balaban J connectivity index is 0. The van der Waals surface area contributed by atoms with Crippen LogP contribution in [0.4, 0.5) is 0 Å². The molecule has 0 fully saturated rings. The van der Waals surface area contributed by atoms with Crippen molar-refractivity contribution in [3.8, 4) is 0 Å². The summed E-state index contributed by atoms with van der Waals surface area (Å²) in [4.78, 5) is 0. The molecule has 0 N–H and O–H groups in total. The molecule has 0 saturated carbocycles. The predicted molar refractivity (Wildman–Crippen MR) is 18.0 cm³/mol. The van der Waals surface area contributed by atoms with Crippen molar-refractivity contribution in [1.29, 1.82) is 0 Å². The van der Waals surface area contributed by atoms with E-state index in [9.17, 15) is 0 Å². The van der Waals surface area contributed by atoms with Gasteiger partial charge in [-0.2, -0.15) is 5.16 Å². The first-order valence-electron chi connectivity index (χ1n) is 0.928. The Bertz CT molecular complexity index is 142. The van der Waals surface area contributed by atoms with E-state index in [-0.39, 0.29) is 0 Å². The standard InChI is InChI=1S/CNS.Cr.3O/c2-1-3;;;;/q-1;;;;. The van der Waals surface area contributed by atoms with Crippen LogP contribution in [0, 0.1) is 0 Å². The first kappa shape index (κ1) is 9.88. The quantitative estimate of drug-likeness (QED) is 0.375. The summed E-state index contributed by atoms with van der Waals surface area (Å²) in [5, 5.41) is 8.47. The molecule has 0 radical (unpaired) electrons. The molecule has 7 heavy (non-hydrogen) atoms. The van der Waals surface area contributed by atoms with Crippen molar-refractivity contribution in [2.24, 2.45) is 0 Å². The summed E-state index contributed by atoms with van der Waals surface area (Å²) < 4.78 is 25.6. The second-order valence-electron chi connectivity index (χ2n) is 0.295. The van der Waals surface area contributed by atoms with E-state index < -0.39 is 14.0 Å². The van der Waals surface area contributed by atoms with E-state index in [1.165, 1.54) is 5.16 Å². The van der Waals surface area contributed by atoms with Crippen LogP contribution in [-0.2, 0) is 25.4 Å². The fourth-order valence-corrected chi connectivity index (χ4v) is 0. The molecule has 0 aliphatic rings. The van der Waals surface area contributed by atoms with E-state index in [1.54, 1.807) is 0 Å². The number of thiocarbonyl (C=S) groups is 1. The topological polar surface area (TPSA) is 73.5 Å². The summed E-state index contributed by atoms with van der Waals surface area (Å²) in [6.45, 7) is 0. The number of hydrogen-bond acceptors (Lipinski definition) is 4. The Morgan fingerprint density at radius 3 is 1.43 bits per heavy atom. The fourth-order valence-electron chi connectivity index (χ4n) is 0. The van der Waals surface area contributed by atoms with Gasteiger partial charge in [0.1, 0.15) is 0 Å². The van der Waals surface area contributed by atoms with Gasteiger partial charge in [-0.1, -0.05) is 12.2 Å². The molecular formula is CCrNO3S-. The maximum atomic E-state index is 8.54. The van der Waals surface area contributed by atoms with E-state index in [4.69, 9.17) is 16.8 Å². The Morgan fingerprint density at radius 1 is 1.43 bits per heavy atom. The van der Waals surface area contributed by atoms with Gasteiger partial charge in [-0.3, -0.25) is 0 Å². The Hall–Kier alpha value is -0.268. The van der Waals surface area contributed by atoms with Crippen molar-refractivity contribution >= 4 is 17.4 Å². The summed E-state index contributed by atoms with van der Waals surface area (Å²) in [5.74, 6) is 0. The van der Waals surface area contributed by atoms with Crippen LogP contribution in [0.25, 0.3) is 5.41 Å². The van der Waals surface area contributed by atoms with Crippen LogP contribution in [-0.4, -0.2) is 5.16 Å². The molecule has 0 heterocycles. The van der Waals surface area contributed by atoms with Gasteiger partial charge in [0, 0.05) is 0 Å². The van der Waals surface area contributed by atoms with Crippen molar-refractivity contribution in [3.05, 3.63) is 5.41 Å². The third kappa shape index (κ3) is 1120. The van der Waals surface area contributed by atoms with Crippen LogP contribution in [0.2, 0.25) is 0 Å². The van der Waals surface area contributed by atoms with E-state index >= 15 is 0 Å². The molecule has 40 valence electrons. The maximum absolute atomic E-state index is 8.54. The molecule has 0 aliphatic carbocycles. The van der Waals surface area contributed by atoms with Crippen LogP contribution in [0.5, 0.6) is 0 Å². The zero-order chi connectivity index (χ0) is 6.28. The first-order valence-corrected chi connectivity index (χ1v) is 2.90. The van der Waals surface area contributed by atoms with Gasteiger partial charge >= 0.3 is 25.4 Å². The van der Waals surface area contributed by atoms with Crippen LogP contribution >= 0.6 is 12.2 Å². The SMILES string of the molecule is [N-]=C=S.[O]=[Cr](=[O])=[O]. The molecule has 0 rings (SSSR count). The Kier molecular flexibility index (Phi) is 13.0. The molecule has 6 heteroatoms. The van der Waals surface area contributed by atoms with Crippen molar-refractivity contribution in [1.82, 2.24) is 0 Å². The van der Waals surface area contributed by atoms with Gasteiger partial charge in [0.15, 0.2) is 0 Å². The van der Waals surface area contributed by atoms with Gasteiger partial charge in [0.25, 0.3) is 0 Å². The summed E-state index contributed by atoms with van der Waals surface area (Å²) in [7, 11) is 0. The second-order valence-corrected chi connectivity index (χ2v) is 1.12. The van der Waals surface area contributed by atoms with Gasteiger partial charge in [-0.15, -0.1) is 0 Å². The summed E-state index contributed by atoms with van der Waals surface area (Å²) in [6.07, 6.45) is 0. The number of rotatable bonds is 0. The third-order valence-corrected chi connectivity index (χ3v) is 0. The van der Waals surface area contributed by atoms with Gasteiger partial charge in [-0.25, -0.2) is 0 Å². The monoisotopic (exact) mass is 158 g/mol. The number of nitrogens with zero attached hydrogens (tertiary/aromatic N) is 1. The molecule has 0 spiro atoms. The first-order chi connectivity index (χ1) is 3.15. The average Bonchev–Trinajstić information content (AvgIpc) is 1.33. The molecule has 0 aromatic heterocycles. The van der Waals surface area contributed by atoms with E-state index in [2.05, 4.69) is 12.2 Å². The minimum atomic E-state index is -3.79. The normalized spacial score (nSPS) is 4.57. The second kappa shape index (κ2) is 9.22. The van der Waals surface area contributed by atoms with E-state index in [1.807, 2.05) is 0 Å². The zero-order valence-corrected chi connectivity index (χ0v) is 5.08. The molecule has 0 aromatic rings. The van der Waals surface area contributed by atoms with Gasteiger partial charge < -0.3 is 5.41 Å². The van der Waals surface area contributed by atoms with Crippen LogP contribution in [0.1, 0.15) is 0 Å². The third-order valence-electron chi connectivity index (χ3n) is 0. The summed E-state index contributed by atoms with van der Waals surface area (Å²) >= 11 is -0.0926. The molecule has 0 atom stereocenters. The number of isothiocyanates is 1.